The van der Waals surface area contributed by atoms with Gasteiger partial charge in [-0.05, 0) is 30.2 Å². The Kier molecular flexibility index (Phi) is 4.74. The smallest absolute Gasteiger partial charge is 0.127 e. The van der Waals surface area contributed by atoms with Crippen molar-refractivity contribution < 1.29 is 9.13 Å². The number of hydrogen-bond acceptors (Lipinski definition) is 2. The minimum absolute atomic E-state index is 0.0349. The second-order valence-electron chi connectivity index (χ2n) is 3.84. The molecule has 2 nitrogen and oxygen atoms in total. The van der Waals surface area contributed by atoms with Crippen molar-refractivity contribution in [3.05, 3.63) is 28.2 Å². The Morgan fingerprint density at radius 2 is 2.19 bits per heavy atom. The van der Waals surface area contributed by atoms with Gasteiger partial charge in [0.2, 0.25) is 0 Å². The van der Waals surface area contributed by atoms with Gasteiger partial charge >= 0.3 is 0 Å². The van der Waals surface area contributed by atoms with Gasteiger partial charge in [0, 0.05) is 17.4 Å². The molecule has 2 N–H and O–H groups in total. The maximum Gasteiger partial charge on any atom is 0.127 e. The lowest BCUT2D eigenvalue weighted by Gasteiger charge is -2.22. The van der Waals surface area contributed by atoms with Crippen LogP contribution in [-0.4, -0.2) is 19.3 Å². The van der Waals surface area contributed by atoms with E-state index in [0.29, 0.717) is 12.8 Å². The summed E-state index contributed by atoms with van der Waals surface area (Å²) in [6.07, 6.45) is 0.713. The van der Waals surface area contributed by atoms with E-state index in [0.717, 1.165) is 15.8 Å². The number of methoxy groups -OCH3 is 1. The summed E-state index contributed by atoms with van der Waals surface area (Å²) in [5.74, 6) is 0.730. The number of hydrogen-bond donors (Lipinski definition) is 1. The van der Waals surface area contributed by atoms with Crippen LogP contribution in [0.1, 0.15) is 18.9 Å². The molecule has 0 amide bonds. The van der Waals surface area contributed by atoms with Crippen molar-refractivity contribution in [1.29, 1.82) is 0 Å². The van der Waals surface area contributed by atoms with E-state index in [2.05, 4.69) is 15.9 Å². The van der Waals surface area contributed by atoms with Crippen molar-refractivity contribution in [2.75, 3.05) is 13.7 Å². The molecule has 0 bridgehead atoms. The molecule has 0 saturated heterocycles. The molecule has 0 aliphatic rings. The largest absolute Gasteiger partial charge is 0.497 e. The van der Waals surface area contributed by atoms with Gasteiger partial charge in [0.1, 0.15) is 11.4 Å². The molecule has 1 aromatic rings. The Hall–Kier alpha value is -0.610. The molecule has 0 saturated carbocycles. The molecule has 0 aliphatic heterocycles. The maximum atomic E-state index is 14.2. The van der Waals surface area contributed by atoms with Gasteiger partial charge in [0.05, 0.1) is 7.11 Å². The first kappa shape index (κ1) is 13.5. The predicted octanol–water partition coefficient (Wildman–Crippen LogP) is 3.08. The third kappa shape index (κ3) is 3.19. The molecule has 0 aliphatic carbocycles. The van der Waals surface area contributed by atoms with Crippen LogP contribution >= 0.6 is 15.9 Å². The summed E-state index contributed by atoms with van der Waals surface area (Å²) in [4.78, 5) is 0. The fourth-order valence-corrected chi connectivity index (χ4v) is 1.88. The fourth-order valence-electron chi connectivity index (χ4n) is 1.50. The summed E-state index contributed by atoms with van der Waals surface area (Å²) in [7, 11) is 1.60. The average molecular weight is 290 g/mol. The highest BCUT2D eigenvalue weighted by molar-refractivity contribution is 9.10. The first-order chi connectivity index (χ1) is 7.54. The molecule has 4 heteroatoms. The molecular formula is C12H17BrFNO. The number of ether oxygens (including phenoxy) is 1. The molecule has 1 unspecified atom stereocenters. The summed E-state index contributed by atoms with van der Waals surface area (Å²) < 4.78 is 20.2. The van der Waals surface area contributed by atoms with Crippen molar-refractivity contribution in [3.8, 4) is 5.75 Å². The highest BCUT2D eigenvalue weighted by Gasteiger charge is 2.26. The van der Waals surface area contributed by atoms with Crippen molar-refractivity contribution in [2.45, 2.75) is 25.4 Å². The molecule has 1 rings (SSSR count). The summed E-state index contributed by atoms with van der Waals surface area (Å²) in [5, 5.41) is 0. The van der Waals surface area contributed by atoms with Crippen molar-refractivity contribution >= 4 is 15.9 Å². The van der Waals surface area contributed by atoms with Crippen LogP contribution in [0.25, 0.3) is 0 Å². The highest BCUT2D eigenvalue weighted by atomic mass is 79.9. The van der Waals surface area contributed by atoms with Crippen LogP contribution < -0.4 is 10.5 Å². The standard InChI is InChI=1S/C12H17BrFNO/c1-3-12(14,8-15)7-9-6-10(16-2)4-5-11(9)13/h4-6H,3,7-8,15H2,1-2H3. The fraction of sp³-hybridized carbons (Fsp3) is 0.500. The normalized spacial score (nSPS) is 14.6. The second-order valence-corrected chi connectivity index (χ2v) is 4.70. The van der Waals surface area contributed by atoms with Gasteiger partial charge in [0.15, 0.2) is 0 Å². The minimum Gasteiger partial charge on any atom is -0.497 e. The number of benzene rings is 1. The topological polar surface area (TPSA) is 35.2 Å². The van der Waals surface area contributed by atoms with E-state index >= 15 is 0 Å². The van der Waals surface area contributed by atoms with E-state index < -0.39 is 5.67 Å². The number of alkyl halides is 1. The monoisotopic (exact) mass is 289 g/mol. The van der Waals surface area contributed by atoms with E-state index in [9.17, 15) is 4.39 Å². The molecule has 90 valence electrons. The second kappa shape index (κ2) is 5.64. The molecule has 0 radical (unpaired) electrons. The molecule has 0 spiro atoms. The van der Waals surface area contributed by atoms with Crippen LogP contribution in [0.4, 0.5) is 4.39 Å². The van der Waals surface area contributed by atoms with Crippen LogP contribution in [0.2, 0.25) is 0 Å². The molecule has 0 aromatic heterocycles. The van der Waals surface area contributed by atoms with Gasteiger partial charge in [-0.1, -0.05) is 22.9 Å². The SMILES string of the molecule is CCC(F)(CN)Cc1cc(OC)ccc1Br. The Balaban J connectivity index is 2.95. The van der Waals surface area contributed by atoms with Gasteiger partial charge in [-0.3, -0.25) is 0 Å². The highest BCUT2D eigenvalue weighted by Crippen LogP contribution is 2.28. The lowest BCUT2D eigenvalue weighted by atomic mass is 9.94. The lowest BCUT2D eigenvalue weighted by Crippen LogP contribution is -2.34. The van der Waals surface area contributed by atoms with E-state index in [1.54, 1.807) is 14.0 Å². The van der Waals surface area contributed by atoms with Crippen LogP contribution in [0.3, 0.4) is 0 Å². The Bertz CT molecular complexity index is 353. The van der Waals surface area contributed by atoms with Gasteiger partial charge in [-0.25, -0.2) is 4.39 Å². The zero-order valence-corrected chi connectivity index (χ0v) is 11.2. The predicted molar refractivity (Wildman–Crippen MR) is 67.6 cm³/mol. The summed E-state index contributed by atoms with van der Waals surface area (Å²) >= 11 is 3.41. The van der Waals surface area contributed by atoms with E-state index in [1.807, 2.05) is 18.2 Å². The molecular weight excluding hydrogens is 273 g/mol. The Morgan fingerprint density at radius 3 is 2.69 bits per heavy atom. The lowest BCUT2D eigenvalue weighted by molar-refractivity contribution is 0.167. The van der Waals surface area contributed by atoms with Crippen LogP contribution in [0, 0.1) is 0 Å². The van der Waals surface area contributed by atoms with Crippen LogP contribution in [0.15, 0.2) is 22.7 Å². The number of nitrogens with two attached hydrogens (primary N) is 1. The Morgan fingerprint density at radius 1 is 1.50 bits per heavy atom. The van der Waals surface area contributed by atoms with Gasteiger partial charge in [0.25, 0.3) is 0 Å². The number of halogens is 2. The third-order valence-electron chi connectivity index (χ3n) is 2.76. The van der Waals surface area contributed by atoms with Crippen LogP contribution in [0.5, 0.6) is 5.75 Å². The zero-order valence-electron chi connectivity index (χ0n) is 9.59. The molecule has 1 aromatic carbocycles. The van der Waals surface area contributed by atoms with Crippen molar-refractivity contribution in [1.82, 2.24) is 0 Å². The maximum absolute atomic E-state index is 14.2. The average Bonchev–Trinajstić information content (AvgIpc) is 2.32. The van der Waals surface area contributed by atoms with Gasteiger partial charge < -0.3 is 10.5 Å². The van der Waals surface area contributed by atoms with Crippen molar-refractivity contribution in [3.63, 3.8) is 0 Å². The molecule has 1 atom stereocenters. The molecule has 0 heterocycles. The first-order valence-electron chi connectivity index (χ1n) is 5.26. The molecule has 0 fully saturated rings. The first-order valence-corrected chi connectivity index (χ1v) is 6.05. The van der Waals surface area contributed by atoms with Gasteiger partial charge in [-0.2, -0.15) is 0 Å². The van der Waals surface area contributed by atoms with Crippen molar-refractivity contribution in [2.24, 2.45) is 5.73 Å². The number of rotatable bonds is 5. The summed E-state index contributed by atoms with van der Waals surface area (Å²) in [5.41, 5.74) is 5.01. The van der Waals surface area contributed by atoms with E-state index in [-0.39, 0.29) is 6.54 Å². The van der Waals surface area contributed by atoms with Crippen LogP contribution in [-0.2, 0) is 6.42 Å². The van der Waals surface area contributed by atoms with E-state index in [4.69, 9.17) is 10.5 Å². The molecule has 16 heavy (non-hydrogen) atoms. The quantitative estimate of drug-likeness (QED) is 0.904. The Labute approximate surface area is 104 Å². The summed E-state index contributed by atoms with van der Waals surface area (Å²) in [6.45, 7) is 1.84. The van der Waals surface area contributed by atoms with E-state index in [1.165, 1.54) is 0 Å². The third-order valence-corrected chi connectivity index (χ3v) is 3.53. The zero-order chi connectivity index (χ0) is 12.2. The minimum atomic E-state index is -1.34. The van der Waals surface area contributed by atoms with Gasteiger partial charge in [-0.15, -0.1) is 0 Å². The summed E-state index contributed by atoms with van der Waals surface area (Å²) in [6, 6.07) is 5.53.